The fraction of sp³-hybridized carbons (Fsp3) is 0.429. The lowest BCUT2D eigenvalue weighted by Gasteiger charge is -2.30. The third-order valence-corrected chi connectivity index (χ3v) is 5.39. The molecule has 1 heterocycles. The van der Waals surface area contributed by atoms with Crippen LogP contribution >= 0.6 is 7.51 Å². The summed E-state index contributed by atoms with van der Waals surface area (Å²) in [6, 6.07) is 10.0. The third kappa shape index (κ3) is 4.00. The summed E-state index contributed by atoms with van der Waals surface area (Å²) in [5.74, 6) is 1.36. The molecule has 0 unspecified atom stereocenters. The highest BCUT2D eigenvalue weighted by Crippen LogP contribution is 2.38. The second kappa shape index (κ2) is 7.50. The van der Waals surface area contributed by atoms with Gasteiger partial charge in [0.05, 0.1) is 0 Å². The Morgan fingerprint density at radius 3 is 2.33 bits per heavy atom. The highest BCUT2D eigenvalue weighted by atomic mass is 31.2. The average molecular weight is 306 g/mol. The summed E-state index contributed by atoms with van der Waals surface area (Å²) in [7, 11) is -2.08. The summed E-state index contributed by atoms with van der Waals surface area (Å²) < 4.78 is 4.84. The van der Waals surface area contributed by atoms with Crippen molar-refractivity contribution < 1.29 is 0 Å². The van der Waals surface area contributed by atoms with Gasteiger partial charge in [0.2, 0.25) is 5.96 Å². The van der Waals surface area contributed by atoms with Crippen molar-refractivity contribution in [2.24, 2.45) is 14.7 Å². The number of nitrogens with zero attached hydrogens (tertiary/aromatic N) is 3. The molecular weight excluding hydrogens is 283 g/mol. The highest BCUT2D eigenvalue weighted by Gasteiger charge is 2.25. The van der Waals surface area contributed by atoms with Gasteiger partial charge >= 0.3 is 0 Å². The molecule has 0 spiro atoms. The van der Waals surface area contributed by atoms with Crippen LogP contribution < -0.4 is 15.3 Å². The molecule has 114 valence electrons. The van der Waals surface area contributed by atoms with Gasteiger partial charge in [0.25, 0.3) is 0 Å². The zero-order chi connectivity index (χ0) is 15.1. The number of amidine groups is 1. The van der Waals surface area contributed by atoms with Crippen LogP contribution in [0.25, 0.3) is 0 Å². The molecule has 1 aliphatic rings. The fourth-order valence-electron chi connectivity index (χ4n) is 2.05. The number of guanidine groups is 1. The number of nitrogens with one attached hydrogen (secondary N) is 3. The van der Waals surface area contributed by atoms with Gasteiger partial charge in [-0.05, 0) is 6.92 Å². The van der Waals surface area contributed by atoms with E-state index >= 15 is 0 Å². The molecule has 0 fully saturated rings. The average Bonchev–Trinajstić information content (AvgIpc) is 2.49. The number of rotatable bonds is 6. The Morgan fingerprint density at radius 2 is 1.76 bits per heavy atom. The van der Waals surface area contributed by atoms with Crippen LogP contribution in [0.1, 0.15) is 26.3 Å². The predicted octanol–water partition coefficient (Wildman–Crippen LogP) is 2.58. The standard InChI is InChI=1S/C14H23N6P/c1-4-15-14-18-13(12-10-8-7-9-11-12)19-21(20-14,16-5-2)17-6-3/h7-11,16-17H,4-6H2,1-3H3,(H,15,20). The van der Waals surface area contributed by atoms with Gasteiger partial charge in [-0.3, -0.25) is 20.3 Å². The Labute approximate surface area is 126 Å². The Kier molecular flexibility index (Phi) is 5.67. The second-order valence-electron chi connectivity index (χ2n) is 4.47. The maximum absolute atomic E-state index is 4.84. The molecule has 0 amide bonds. The Hall–Kier alpha value is -1.49. The van der Waals surface area contributed by atoms with Gasteiger partial charge < -0.3 is 0 Å². The summed E-state index contributed by atoms with van der Waals surface area (Å²) >= 11 is 0. The van der Waals surface area contributed by atoms with E-state index in [0.717, 1.165) is 24.5 Å². The van der Waals surface area contributed by atoms with Crippen LogP contribution in [0.4, 0.5) is 0 Å². The van der Waals surface area contributed by atoms with Crippen molar-refractivity contribution in [2.45, 2.75) is 20.8 Å². The van der Waals surface area contributed by atoms with Crippen LogP contribution in [-0.4, -0.2) is 31.4 Å². The third-order valence-electron chi connectivity index (χ3n) is 2.83. The molecule has 0 bridgehead atoms. The monoisotopic (exact) mass is 306 g/mol. The first-order valence-corrected chi connectivity index (χ1v) is 9.06. The molecule has 0 saturated carbocycles. The lowest BCUT2D eigenvalue weighted by Crippen LogP contribution is -2.38. The summed E-state index contributed by atoms with van der Waals surface area (Å²) in [5, 5.41) is 10.2. The molecule has 7 heteroatoms. The molecule has 0 aliphatic carbocycles. The zero-order valence-corrected chi connectivity index (χ0v) is 13.7. The molecule has 2 rings (SSSR count). The first-order valence-electron chi connectivity index (χ1n) is 7.32. The van der Waals surface area contributed by atoms with E-state index in [4.69, 9.17) is 4.74 Å². The first-order chi connectivity index (χ1) is 10.2. The Balaban J connectivity index is 2.49. The molecule has 0 aromatic heterocycles. The number of aliphatic imine (C=N–C) groups is 2. The van der Waals surface area contributed by atoms with Crippen LogP contribution in [0.2, 0.25) is 0 Å². The van der Waals surface area contributed by atoms with Crippen LogP contribution in [0.3, 0.4) is 0 Å². The minimum Gasteiger partial charge on any atom is -0.297 e. The van der Waals surface area contributed by atoms with Crippen LogP contribution in [-0.2, 0) is 0 Å². The van der Waals surface area contributed by atoms with E-state index in [0.29, 0.717) is 12.5 Å². The Morgan fingerprint density at radius 1 is 1.10 bits per heavy atom. The van der Waals surface area contributed by atoms with Crippen molar-refractivity contribution in [3.63, 3.8) is 0 Å². The van der Waals surface area contributed by atoms with Crippen molar-refractivity contribution in [1.29, 1.82) is 0 Å². The van der Waals surface area contributed by atoms with Crippen LogP contribution in [0, 0.1) is 0 Å². The minimum absolute atomic E-state index is 0.640. The van der Waals surface area contributed by atoms with E-state index in [1.54, 1.807) is 0 Å². The van der Waals surface area contributed by atoms with E-state index < -0.39 is 7.51 Å². The van der Waals surface area contributed by atoms with Gasteiger partial charge in [-0.2, -0.15) is 9.74 Å². The van der Waals surface area contributed by atoms with Crippen molar-refractivity contribution in [1.82, 2.24) is 15.3 Å². The summed E-state index contributed by atoms with van der Waals surface area (Å²) in [5.41, 5.74) is 1.00. The van der Waals surface area contributed by atoms with E-state index in [1.165, 1.54) is 0 Å². The fourth-order valence-corrected chi connectivity index (χ4v) is 4.28. The van der Waals surface area contributed by atoms with Gasteiger partial charge in [0.15, 0.2) is 13.3 Å². The summed E-state index contributed by atoms with van der Waals surface area (Å²) in [4.78, 5) is 8.96. The maximum Gasteiger partial charge on any atom is 0.226 e. The second-order valence-corrected chi connectivity index (χ2v) is 6.80. The number of hydrogen-bond donors (Lipinski definition) is 3. The molecule has 0 atom stereocenters. The van der Waals surface area contributed by atoms with Crippen molar-refractivity contribution in [3.05, 3.63) is 35.9 Å². The molecule has 6 nitrogen and oxygen atoms in total. The quantitative estimate of drug-likeness (QED) is 0.707. The minimum atomic E-state index is -2.08. The molecular formula is C14H23N6P. The van der Waals surface area contributed by atoms with E-state index in [9.17, 15) is 0 Å². The van der Waals surface area contributed by atoms with E-state index in [2.05, 4.69) is 39.1 Å². The highest BCUT2D eigenvalue weighted by molar-refractivity contribution is 7.61. The van der Waals surface area contributed by atoms with Crippen LogP contribution in [0.15, 0.2) is 45.1 Å². The van der Waals surface area contributed by atoms with E-state index in [1.807, 2.05) is 37.3 Å². The predicted molar refractivity (Wildman–Crippen MR) is 90.8 cm³/mol. The smallest absolute Gasteiger partial charge is 0.226 e. The molecule has 1 aromatic carbocycles. The topological polar surface area (TPSA) is 73.2 Å². The van der Waals surface area contributed by atoms with Gasteiger partial charge in [0, 0.05) is 25.2 Å². The number of hydrogen-bond acceptors (Lipinski definition) is 4. The van der Waals surface area contributed by atoms with Crippen molar-refractivity contribution >= 4 is 19.3 Å². The number of benzene rings is 1. The maximum atomic E-state index is 4.84. The SMILES string of the molecule is CCN=C1N=C(c2ccccc2)N=P(NCC)(NCC)N1. The summed E-state index contributed by atoms with van der Waals surface area (Å²) in [6.45, 7) is 8.46. The molecule has 0 radical (unpaired) electrons. The van der Waals surface area contributed by atoms with Gasteiger partial charge in [-0.25, -0.2) is 0 Å². The van der Waals surface area contributed by atoms with Crippen molar-refractivity contribution in [2.75, 3.05) is 19.6 Å². The molecule has 1 aromatic rings. The van der Waals surface area contributed by atoms with Gasteiger partial charge in [-0.1, -0.05) is 44.2 Å². The summed E-state index contributed by atoms with van der Waals surface area (Å²) in [6.07, 6.45) is 0. The first kappa shape index (κ1) is 15.9. The van der Waals surface area contributed by atoms with Gasteiger partial charge in [-0.15, -0.1) is 0 Å². The molecule has 1 aliphatic heterocycles. The van der Waals surface area contributed by atoms with Crippen molar-refractivity contribution in [3.8, 4) is 0 Å². The van der Waals surface area contributed by atoms with E-state index in [-0.39, 0.29) is 0 Å². The molecule has 21 heavy (non-hydrogen) atoms. The lowest BCUT2D eigenvalue weighted by atomic mass is 10.2. The Bertz CT molecular complexity index is 568. The van der Waals surface area contributed by atoms with Gasteiger partial charge in [0.1, 0.15) is 0 Å². The zero-order valence-electron chi connectivity index (χ0n) is 12.8. The normalized spacial score (nSPS) is 18.8. The molecule has 0 saturated heterocycles. The lowest BCUT2D eigenvalue weighted by molar-refractivity contribution is 0.905. The molecule has 3 N–H and O–H groups in total. The largest absolute Gasteiger partial charge is 0.297 e. The van der Waals surface area contributed by atoms with Crippen LogP contribution in [0.5, 0.6) is 0 Å².